The Bertz CT molecular complexity index is 1580. The minimum absolute atomic E-state index is 0.195. The number of carbonyl (C=O) groups excluding carboxylic acids is 6. The molecule has 12 nitrogen and oxygen atoms in total. The van der Waals surface area contributed by atoms with Gasteiger partial charge in [0, 0.05) is 46.0 Å². The van der Waals surface area contributed by atoms with Crippen molar-refractivity contribution in [2.75, 3.05) is 13.1 Å². The first-order valence-electron chi connectivity index (χ1n) is 15.5. The van der Waals surface area contributed by atoms with Gasteiger partial charge < -0.3 is 0 Å². The lowest BCUT2D eigenvalue weighted by atomic mass is 10.2. The van der Waals surface area contributed by atoms with E-state index < -0.39 is 11.8 Å². The van der Waals surface area contributed by atoms with E-state index >= 15 is 0 Å². The molecule has 0 aromatic heterocycles. The topological polar surface area (TPSA) is 157 Å². The Kier molecular flexibility index (Phi) is 15.4. The van der Waals surface area contributed by atoms with Crippen LogP contribution in [0.1, 0.15) is 72.1 Å². The number of thioether (sulfide) groups is 2. The van der Waals surface area contributed by atoms with E-state index in [4.69, 9.17) is 24.4 Å². The summed E-state index contributed by atoms with van der Waals surface area (Å²) in [6, 6.07) is 13.4. The molecule has 18 heteroatoms. The molecule has 0 bridgehead atoms. The second kappa shape index (κ2) is 19.4. The Morgan fingerprint density at radius 3 is 1.28 bits per heavy atom. The van der Waals surface area contributed by atoms with Crippen LogP contribution in [0.3, 0.4) is 0 Å². The summed E-state index contributed by atoms with van der Waals surface area (Å²) >= 11 is 19.6. The summed E-state index contributed by atoms with van der Waals surface area (Å²) in [5, 5.41) is 0. The number of thiocarbonyl (C=S) groups is 2. The highest BCUT2D eigenvalue weighted by Crippen LogP contribution is 2.42. The number of amides is 6. The molecule has 2 saturated heterocycles. The fourth-order valence-electron chi connectivity index (χ4n) is 4.65. The second-order valence-electron chi connectivity index (χ2n) is 10.9. The first-order chi connectivity index (χ1) is 23.9. The number of unbranched alkanes of at least 4 members (excludes halogenated alkanes) is 4. The van der Waals surface area contributed by atoms with Crippen molar-refractivity contribution in [1.82, 2.24) is 31.5 Å². The fourth-order valence-corrected chi connectivity index (χ4v) is 7.95. The van der Waals surface area contributed by atoms with E-state index in [0.717, 1.165) is 32.5 Å². The zero-order chi connectivity index (χ0) is 36.2. The van der Waals surface area contributed by atoms with Crippen molar-refractivity contribution in [3.8, 4) is 0 Å². The minimum Gasteiger partial charge on any atom is -0.293 e. The molecule has 0 saturated carbocycles. The lowest BCUT2D eigenvalue weighted by Gasteiger charge is -2.14. The smallest absolute Gasteiger partial charge is 0.269 e. The summed E-state index contributed by atoms with van der Waals surface area (Å²) in [7, 11) is 0. The van der Waals surface area contributed by atoms with Crippen molar-refractivity contribution in [2.45, 2.75) is 51.4 Å². The number of halogens is 2. The van der Waals surface area contributed by atoms with Gasteiger partial charge in [-0.15, -0.1) is 0 Å². The van der Waals surface area contributed by atoms with E-state index in [0.29, 0.717) is 71.4 Å². The van der Waals surface area contributed by atoms with Gasteiger partial charge in [0.1, 0.15) is 8.64 Å². The van der Waals surface area contributed by atoms with Crippen LogP contribution in [0.25, 0.3) is 0 Å². The zero-order valence-corrected chi connectivity index (χ0v) is 32.9. The van der Waals surface area contributed by atoms with Crippen molar-refractivity contribution in [3.63, 3.8) is 0 Å². The number of nitrogens with zero attached hydrogens (tertiary/aromatic N) is 2. The molecule has 4 N–H and O–H groups in total. The summed E-state index contributed by atoms with van der Waals surface area (Å²) in [6.07, 6.45) is 3.95. The summed E-state index contributed by atoms with van der Waals surface area (Å²) in [5.74, 6) is -2.18. The Labute approximate surface area is 324 Å². The summed E-state index contributed by atoms with van der Waals surface area (Å²) in [5.41, 5.74) is 10.4. The Morgan fingerprint density at radius 1 is 0.560 bits per heavy atom. The van der Waals surface area contributed by atoms with Crippen molar-refractivity contribution in [1.29, 1.82) is 0 Å². The highest BCUT2D eigenvalue weighted by Gasteiger charge is 2.41. The van der Waals surface area contributed by atoms with Gasteiger partial charge in [-0.25, -0.2) is 0 Å². The first kappa shape index (κ1) is 39.6. The Hall–Kier alpha value is -3.16. The Morgan fingerprint density at radius 2 is 0.920 bits per heavy atom. The fraction of sp³-hybridized carbons (Fsp3) is 0.312. The van der Waals surface area contributed by atoms with Crippen LogP contribution in [0.15, 0.2) is 67.3 Å². The molecular formula is C32H32Br2N6O6S4. The number of rotatable bonds is 14. The van der Waals surface area contributed by atoms with Crippen molar-refractivity contribution >= 4 is 124 Å². The molecule has 2 aliphatic heterocycles. The predicted octanol–water partition coefficient (Wildman–Crippen LogP) is 5.49. The highest BCUT2D eigenvalue weighted by atomic mass is 79.9. The van der Waals surface area contributed by atoms with Crippen LogP contribution in [-0.2, 0) is 19.2 Å². The van der Waals surface area contributed by atoms with Crippen molar-refractivity contribution in [2.24, 2.45) is 0 Å². The van der Waals surface area contributed by atoms with E-state index in [1.165, 1.54) is 9.80 Å². The molecule has 2 aromatic carbocycles. The molecule has 2 fully saturated rings. The van der Waals surface area contributed by atoms with E-state index in [2.05, 4.69) is 53.6 Å². The van der Waals surface area contributed by atoms with Crippen LogP contribution in [-0.4, -0.2) is 67.0 Å². The largest absolute Gasteiger partial charge is 0.293 e. The quantitative estimate of drug-likeness (QED) is 0.0829. The van der Waals surface area contributed by atoms with Gasteiger partial charge in [-0.2, -0.15) is 0 Å². The number of benzene rings is 2. The van der Waals surface area contributed by atoms with Crippen LogP contribution >= 0.6 is 79.8 Å². The molecule has 2 heterocycles. The molecule has 0 radical (unpaired) electrons. The van der Waals surface area contributed by atoms with Gasteiger partial charge in [-0.05, 0) is 74.2 Å². The van der Waals surface area contributed by atoms with E-state index in [1.807, 2.05) is 0 Å². The van der Waals surface area contributed by atoms with Gasteiger partial charge in [0.05, 0.1) is 9.81 Å². The maximum atomic E-state index is 13.2. The molecule has 0 aliphatic carbocycles. The van der Waals surface area contributed by atoms with Gasteiger partial charge >= 0.3 is 0 Å². The van der Waals surface area contributed by atoms with E-state index in [-0.39, 0.29) is 46.3 Å². The van der Waals surface area contributed by atoms with Crippen LogP contribution in [0.2, 0.25) is 0 Å². The van der Waals surface area contributed by atoms with Crippen molar-refractivity contribution in [3.05, 3.63) is 78.4 Å². The number of hydrazine groups is 2. The number of hydrogen-bond donors (Lipinski definition) is 4. The third-order valence-electron chi connectivity index (χ3n) is 7.32. The van der Waals surface area contributed by atoms with Gasteiger partial charge in [-0.1, -0.05) is 92.7 Å². The average Bonchev–Trinajstić information content (AvgIpc) is 3.54. The van der Waals surface area contributed by atoms with Gasteiger partial charge in [0.15, 0.2) is 0 Å². The monoisotopic (exact) mass is 882 g/mol. The molecule has 50 heavy (non-hydrogen) atoms. The lowest BCUT2D eigenvalue weighted by Crippen LogP contribution is -2.41. The third-order valence-corrected chi connectivity index (χ3v) is 11.4. The van der Waals surface area contributed by atoms with Gasteiger partial charge in [-0.3, -0.25) is 60.3 Å². The molecule has 2 aromatic rings. The molecular weight excluding hydrogens is 852 g/mol. The summed E-state index contributed by atoms with van der Waals surface area (Å²) in [6.45, 7) is 0.690. The third kappa shape index (κ3) is 11.4. The molecule has 264 valence electrons. The van der Waals surface area contributed by atoms with Crippen LogP contribution in [0.4, 0.5) is 0 Å². The molecule has 6 amide bonds. The first-order valence-corrected chi connectivity index (χ1v) is 19.5. The van der Waals surface area contributed by atoms with Gasteiger partial charge in [0.2, 0.25) is 11.8 Å². The number of carbonyl (C=O) groups is 6. The van der Waals surface area contributed by atoms with Gasteiger partial charge in [0.25, 0.3) is 23.6 Å². The normalized spacial score (nSPS) is 15.8. The summed E-state index contributed by atoms with van der Waals surface area (Å²) in [4.78, 5) is 78.5. The standard InChI is InChI=1S/C32H32Br2N6O6S4/c33-21-13-9-19(10-14-21)27(43)37-35-23(41)7-3-1-5-17-39-29(45)25(49-31(39)47)26-30(46)40(32(48)50-26)18-6-2-4-8-24(42)36-38-28(44)20-11-15-22(34)16-12-20/h9-16H,1-8,17-18H2,(H,35,41)(H,36,42)(H,37,43)(H,38,44). The minimum atomic E-state index is -0.420. The summed E-state index contributed by atoms with van der Waals surface area (Å²) < 4.78 is 2.39. The maximum absolute atomic E-state index is 13.2. The number of hydrogen-bond acceptors (Lipinski definition) is 10. The second-order valence-corrected chi connectivity index (χ2v) is 16.1. The Balaban J connectivity index is 1.12. The van der Waals surface area contributed by atoms with Crippen LogP contribution in [0.5, 0.6) is 0 Å². The molecule has 2 aliphatic rings. The molecule has 4 rings (SSSR count). The average molecular weight is 885 g/mol. The zero-order valence-electron chi connectivity index (χ0n) is 26.4. The van der Waals surface area contributed by atoms with Crippen LogP contribution in [0, 0.1) is 0 Å². The lowest BCUT2D eigenvalue weighted by molar-refractivity contribution is -0.124. The highest BCUT2D eigenvalue weighted by molar-refractivity contribution is 9.10. The maximum Gasteiger partial charge on any atom is 0.269 e. The van der Waals surface area contributed by atoms with Crippen molar-refractivity contribution < 1.29 is 28.8 Å². The molecule has 0 atom stereocenters. The molecule has 0 unspecified atom stereocenters. The van der Waals surface area contributed by atoms with E-state index in [1.54, 1.807) is 48.5 Å². The van der Waals surface area contributed by atoms with E-state index in [9.17, 15) is 28.8 Å². The SMILES string of the molecule is O=C(CCCCCN1C(=O)C(=C2SC(=S)N(CCCCCC(=O)NNC(=O)c3ccc(Br)cc3)C2=O)SC1=S)NNC(=O)c1ccc(Br)cc1. The predicted molar refractivity (Wildman–Crippen MR) is 207 cm³/mol. The number of nitrogens with one attached hydrogen (secondary N) is 4. The molecule has 0 spiro atoms. The van der Waals surface area contributed by atoms with Crippen LogP contribution < -0.4 is 21.7 Å².